The number of aromatic nitrogens is 3. The molecule has 0 unspecified atom stereocenters. The fraction of sp³-hybridized carbons (Fsp3) is 0.421. The lowest BCUT2D eigenvalue weighted by atomic mass is 10.2. The van der Waals surface area contributed by atoms with Gasteiger partial charge >= 0.3 is 6.18 Å². The van der Waals surface area contributed by atoms with Gasteiger partial charge in [0.05, 0.1) is 11.3 Å². The summed E-state index contributed by atoms with van der Waals surface area (Å²) in [5.74, 6) is 0.389. The number of carbonyl (C=O) groups is 1. The van der Waals surface area contributed by atoms with Crippen molar-refractivity contribution in [1.82, 2.24) is 19.7 Å². The summed E-state index contributed by atoms with van der Waals surface area (Å²) >= 11 is 0. The lowest BCUT2D eigenvalue weighted by molar-refractivity contribution is -0.137. The Labute approximate surface area is 161 Å². The molecule has 1 amide bonds. The SMILES string of the molecule is Cc1nn(C)c(C)c1/C=C/C(=O)N1CCN(c2ccc(C(F)(F)F)cn2)CC1. The van der Waals surface area contributed by atoms with Crippen LogP contribution in [0.4, 0.5) is 19.0 Å². The standard InChI is InChI=1S/C19H22F3N5O/c1-13-16(14(2)25(3)24-13)5-7-18(28)27-10-8-26(9-11-27)17-6-4-15(12-23-17)19(20,21)22/h4-7,12H,8-11H2,1-3H3/b7-5+. The van der Waals surface area contributed by atoms with Gasteiger partial charge in [-0.25, -0.2) is 4.98 Å². The molecule has 0 aliphatic carbocycles. The van der Waals surface area contributed by atoms with Crippen molar-refractivity contribution in [3.8, 4) is 0 Å². The number of halogens is 3. The van der Waals surface area contributed by atoms with Crippen LogP contribution in [0.15, 0.2) is 24.4 Å². The van der Waals surface area contributed by atoms with E-state index < -0.39 is 11.7 Å². The van der Waals surface area contributed by atoms with Gasteiger partial charge in [-0.15, -0.1) is 0 Å². The predicted molar refractivity (Wildman–Crippen MR) is 99.7 cm³/mol. The summed E-state index contributed by atoms with van der Waals surface area (Å²) in [4.78, 5) is 20.0. The van der Waals surface area contributed by atoms with E-state index in [2.05, 4.69) is 10.1 Å². The first-order chi connectivity index (χ1) is 13.2. The number of amides is 1. The molecule has 0 spiro atoms. The van der Waals surface area contributed by atoms with Crippen LogP contribution >= 0.6 is 0 Å². The number of carbonyl (C=O) groups excluding carboxylic acids is 1. The molecule has 1 aliphatic heterocycles. The summed E-state index contributed by atoms with van der Waals surface area (Å²) in [6.45, 7) is 5.84. The Morgan fingerprint density at radius 1 is 1.14 bits per heavy atom. The van der Waals surface area contributed by atoms with Crippen LogP contribution in [0, 0.1) is 13.8 Å². The van der Waals surface area contributed by atoms with Gasteiger partial charge in [-0.3, -0.25) is 9.48 Å². The minimum absolute atomic E-state index is 0.0947. The molecule has 0 saturated carbocycles. The molecular formula is C19H22F3N5O. The summed E-state index contributed by atoms with van der Waals surface area (Å²) in [6.07, 6.45) is -0.227. The molecule has 9 heteroatoms. The molecule has 3 rings (SSSR count). The second-order valence-corrected chi connectivity index (χ2v) is 6.76. The van der Waals surface area contributed by atoms with E-state index in [1.165, 1.54) is 6.07 Å². The third-order valence-electron chi connectivity index (χ3n) is 4.95. The van der Waals surface area contributed by atoms with Crippen LogP contribution in [-0.2, 0) is 18.0 Å². The van der Waals surface area contributed by atoms with Crippen LogP contribution in [0.5, 0.6) is 0 Å². The molecule has 0 N–H and O–H groups in total. The first-order valence-corrected chi connectivity index (χ1v) is 8.92. The van der Waals surface area contributed by atoms with E-state index in [4.69, 9.17) is 0 Å². The number of anilines is 1. The van der Waals surface area contributed by atoms with Crippen molar-refractivity contribution < 1.29 is 18.0 Å². The summed E-state index contributed by atoms with van der Waals surface area (Å²) in [5, 5.41) is 4.32. The predicted octanol–water partition coefficient (Wildman–Crippen LogP) is 2.81. The van der Waals surface area contributed by atoms with E-state index in [0.717, 1.165) is 29.2 Å². The Balaban J connectivity index is 1.59. The van der Waals surface area contributed by atoms with Crippen LogP contribution in [0.2, 0.25) is 0 Å². The van der Waals surface area contributed by atoms with Crippen LogP contribution in [-0.4, -0.2) is 51.8 Å². The maximum absolute atomic E-state index is 12.6. The number of hydrogen-bond donors (Lipinski definition) is 0. The van der Waals surface area contributed by atoms with Crippen LogP contribution in [0.1, 0.15) is 22.5 Å². The summed E-state index contributed by atoms with van der Waals surface area (Å²) < 4.78 is 39.7. The fourth-order valence-corrected chi connectivity index (χ4v) is 3.19. The van der Waals surface area contributed by atoms with Crippen LogP contribution in [0.3, 0.4) is 0 Å². The highest BCUT2D eigenvalue weighted by atomic mass is 19.4. The highest BCUT2D eigenvalue weighted by molar-refractivity contribution is 5.92. The highest BCUT2D eigenvalue weighted by Gasteiger charge is 2.31. The second-order valence-electron chi connectivity index (χ2n) is 6.76. The monoisotopic (exact) mass is 393 g/mol. The summed E-state index contributed by atoms with van der Waals surface area (Å²) in [5.41, 5.74) is 2.02. The smallest absolute Gasteiger partial charge is 0.353 e. The molecular weight excluding hydrogens is 371 g/mol. The number of alkyl halides is 3. The molecule has 1 aliphatic rings. The van der Waals surface area contributed by atoms with Gasteiger partial charge < -0.3 is 9.80 Å². The minimum atomic E-state index is -4.39. The number of piperazine rings is 1. The van der Waals surface area contributed by atoms with Crippen molar-refractivity contribution in [2.24, 2.45) is 7.05 Å². The van der Waals surface area contributed by atoms with Gasteiger partial charge in [0.1, 0.15) is 5.82 Å². The van der Waals surface area contributed by atoms with Gasteiger partial charge in [0.2, 0.25) is 5.91 Å². The first-order valence-electron chi connectivity index (χ1n) is 8.92. The normalized spacial score (nSPS) is 15.5. The molecule has 1 saturated heterocycles. The zero-order chi connectivity index (χ0) is 20.5. The molecule has 0 aromatic carbocycles. The third kappa shape index (κ3) is 4.18. The zero-order valence-corrected chi connectivity index (χ0v) is 16.0. The number of rotatable bonds is 3. The zero-order valence-electron chi connectivity index (χ0n) is 16.0. The van der Waals surface area contributed by atoms with Crippen molar-refractivity contribution in [2.75, 3.05) is 31.1 Å². The maximum atomic E-state index is 12.6. The van der Waals surface area contributed by atoms with Gasteiger partial charge in [0.25, 0.3) is 0 Å². The summed E-state index contributed by atoms with van der Waals surface area (Å²) in [7, 11) is 1.86. The number of nitrogens with zero attached hydrogens (tertiary/aromatic N) is 5. The molecule has 0 radical (unpaired) electrons. The average Bonchev–Trinajstić information content (AvgIpc) is 2.91. The van der Waals surface area contributed by atoms with Crippen LogP contribution in [0.25, 0.3) is 6.08 Å². The molecule has 2 aromatic rings. The number of hydrogen-bond acceptors (Lipinski definition) is 4. The maximum Gasteiger partial charge on any atom is 0.417 e. The van der Waals surface area contributed by atoms with Gasteiger partial charge in [0, 0.05) is 56.8 Å². The Morgan fingerprint density at radius 2 is 1.82 bits per heavy atom. The molecule has 3 heterocycles. The molecule has 0 atom stereocenters. The largest absolute Gasteiger partial charge is 0.417 e. The van der Waals surface area contributed by atoms with E-state index in [1.54, 1.807) is 21.7 Å². The Hall–Kier alpha value is -2.84. The Bertz CT molecular complexity index is 878. The van der Waals surface area contributed by atoms with E-state index >= 15 is 0 Å². The second kappa shape index (κ2) is 7.65. The molecule has 1 fully saturated rings. The lowest BCUT2D eigenvalue weighted by Crippen LogP contribution is -2.48. The van der Waals surface area contributed by atoms with Crippen molar-refractivity contribution in [3.05, 3.63) is 46.9 Å². The van der Waals surface area contributed by atoms with Crippen LogP contribution < -0.4 is 4.90 Å². The Morgan fingerprint density at radius 3 is 2.32 bits per heavy atom. The summed E-state index contributed by atoms with van der Waals surface area (Å²) in [6, 6.07) is 2.40. The van der Waals surface area contributed by atoms with Gasteiger partial charge in [-0.05, 0) is 32.1 Å². The van der Waals surface area contributed by atoms with E-state index in [-0.39, 0.29) is 5.91 Å². The Kier molecular flexibility index (Phi) is 5.44. The van der Waals surface area contributed by atoms with Gasteiger partial charge in [0.15, 0.2) is 0 Å². The third-order valence-corrected chi connectivity index (χ3v) is 4.95. The molecule has 28 heavy (non-hydrogen) atoms. The van der Waals surface area contributed by atoms with Crippen molar-refractivity contribution in [3.63, 3.8) is 0 Å². The van der Waals surface area contributed by atoms with E-state index in [1.807, 2.05) is 25.8 Å². The highest BCUT2D eigenvalue weighted by Crippen LogP contribution is 2.29. The van der Waals surface area contributed by atoms with Crippen molar-refractivity contribution in [1.29, 1.82) is 0 Å². The number of pyridine rings is 1. The molecule has 2 aromatic heterocycles. The minimum Gasteiger partial charge on any atom is -0.353 e. The molecule has 0 bridgehead atoms. The van der Waals surface area contributed by atoms with E-state index in [9.17, 15) is 18.0 Å². The lowest BCUT2D eigenvalue weighted by Gasteiger charge is -2.35. The fourth-order valence-electron chi connectivity index (χ4n) is 3.19. The topological polar surface area (TPSA) is 54.3 Å². The van der Waals surface area contributed by atoms with Gasteiger partial charge in [-0.1, -0.05) is 0 Å². The van der Waals surface area contributed by atoms with Crippen molar-refractivity contribution >= 4 is 17.8 Å². The van der Waals surface area contributed by atoms with E-state index in [0.29, 0.717) is 32.0 Å². The quantitative estimate of drug-likeness (QED) is 0.753. The van der Waals surface area contributed by atoms with Gasteiger partial charge in [-0.2, -0.15) is 18.3 Å². The molecule has 150 valence electrons. The molecule has 6 nitrogen and oxygen atoms in total. The number of aryl methyl sites for hydroxylation is 2. The first kappa shape index (κ1) is 19.9. The average molecular weight is 393 g/mol. The van der Waals surface area contributed by atoms with Crippen molar-refractivity contribution in [2.45, 2.75) is 20.0 Å².